The fourth-order valence-corrected chi connectivity index (χ4v) is 4.81. The zero-order valence-corrected chi connectivity index (χ0v) is 13.4. The Morgan fingerprint density at radius 2 is 2.32 bits per heavy atom. The van der Waals surface area contributed by atoms with Gasteiger partial charge < -0.3 is 5.73 Å². The lowest BCUT2D eigenvalue weighted by atomic mass is 10.2. The molecule has 0 aliphatic carbocycles. The van der Waals surface area contributed by atoms with Crippen LogP contribution in [-0.4, -0.2) is 42.4 Å². The summed E-state index contributed by atoms with van der Waals surface area (Å²) in [6.45, 7) is 3.78. The lowest BCUT2D eigenvalue weighted by Gasteiger charge is -2.26. The van der Waals surface area contributed by atoms with Crippen LogP contribution in [0.25, 0.3) is 0 Å². The monoisotopic (exact) mass is 325 g/mol. The van der Waals surface area contributed by atoms with Gasteiger partial charge in [-0.2, -0.15) is 0 Å². The number of thiazole rings is 1. The summed E-state index contributed by atoms with van der Waals surface area (Å²) >= 11 is 1.48. The topological polar surface area (TPSA) is 76.3 Å². The van der Waals surface area contributed by atoms with E-state index in [0.717, 1.165) is 30.8 Å². The van der Waals surface area contributed by atoms with Gasteiger partial charge in [-0.1, -0.05) is 6.92 Å². The summed E-state index contributed by atoms with van der Waals surface area (Å²) in [7, 11) is -2.82. The molecule has 0 amide bonds. The molecule has 0 aromatic carbocycles. The molecule has 2 heterocycles. The zero-order valence-electron chi connectivity index (χ0n) is 10.9. The SMILES string of the molecule is CCCN(Cc1cnc(N)s1)C1CCS(=O)(=O)C1.Cl. The molecule has 0 radical (unpaired) electrons. The molecule has 2 N–H and O–H groups in total. The van der Waals surface area contributed by atoms with Crippen LogP contribution in [0.3, 0.4) is 0 Å². The summed E-state index contributed by atoms with van der Waals surface area (Å²) in [5, 5.41) is 0.570. The number of hydrogen-bond donors (Lipinski definition) is 1. The van der Waals surface area contributed by atoms with Gasteiger partial charge in [-0.05, 0) is 19.4 Å². The lowest BCUT2D eigenvalue weighted by molar-refractivity contribution is 0.205. The minimum absolute atomic E-state index is 0. The molecule has 110 valence electrons. The molecule has 1 unspecified atom stereocenters. The molecule has 1 aromatic rings. The zero-order chi connectivity index (χ0) is 13.2. The first-order valence-corrected chi connectivity index (χ1v) is 8.78. The maximum atomic E-state index is 11.5. The number of anilines is 1. The highest BCUT2D eigenvalue weighted by Gasteiger charge is 2.32. The van der Waals surface area contributed by atoms with Gasteiger partial charge in [-0.25, -0.2) is 13.4 Å². The molecule has 1 aliphatic heterocycles. The van der Waals surface area contributed by atoms with Crippen LogP contribution in [0.2, 0.25) is 0 Å². The highest BCUT2D eigenvalue weighted by Crippen LogP contribution is 2.23. The molecule has 8 heteroatoms. The molecule has 0 spiro atoms. The van der Waals surface area contributed by atoms with Crippen LogP contribution in [0.1, 0.15) is 24.6 Å². The van der Waals surface area contributed by atoms with Crippen LogP contribution in [0.4, 0.5) is 5.13 Å². The third-order valence-electron chi connectivity index (χ3n) is 3.17. The summed E-state index contributed by atoms with van der Waals surface area (Å²) in [6.07, 6.45) is 3.55. The van der Waals surface area contributed by atoms with E-state index in [9.17, 15) is 8.42 Å². The van der Waals surface area contributed by atoms with Crippen molar-refractivity contribution in [1.82, 2.24) is 9.88 Å². The second-order valence-corrected chi connectivity index (χ2v) is 8.07. The standard InChI is InChI=1S/C11H19N3O2S2.ClH/c1-2-4-14(7-10-6-13-11(12)17-10)9-3-5-18(15,16)8-9;/h6,9H,2-5,7-8H2,1H3,(H2,12,13);1H. The minimum atomic E-state index is -2.82. The number of halogens is 1. The number of nitrogen functional groups attached to an aromatic ring is 1. The second-order valence-electron chi connectivity index (χ2n) is 4.69. The Kier molecular flexibility index (Phi) is 6.04. The van der Waals surface area contributed by atoms with Crippen molar-refractivity contribution in [3.63, 3.8) is 0 Å². The molecule has 1 aromatic heterocycles. The minimum Gasteiger partial charge on any atom is -0.375 e. The average Bonchev–Trinajstić information content (AvgIpc) is 2.84. The third kappa shape index (κ3) is 4.59. The van der Waals surface area contributed by atoms with Crippen LogP contribution in [0.15, 0.2) is 6.20 Å². The van der Waals surface area contributed by atoms with Gasteiger partial charge in [0.25, 0.3) is 0 Å². The Morgan fingerprint density at radius 3 is 2.79 bits per heavy atom. The van der Waals surface area contributed by atoms with Crippen molar-refractivity contribution in [2.75, 3.05) is 23.8 Å². The number of nitrogens with zero attached hydrogens (tertiary/aromatic N) is 2. The smallest absolute Gasteiger partial charge is 0.180 e. The van der Waals surface area contributed by atoms with Gasteiger partial charge in [0, 0.05) is 23.7 Å². The van der Waals surface area contributed by atoms with Gasteiger partial charge in [0.2, 0.25) is 0 Å². The summed E-state index contributed by atoms with van der Waals surface area (Å²) in [4.78, 5) is 7.39. The molecule has 1 fully saturated rings. The van der Waals surface area contributed by atoms with Crippen LogP contribution < -0.4 is 5.73 Å². The molecule has 19 heavy (non-hydrogen) atoms. The quantitative estimate of drug-likeness (QED) is 0.888. The van der Waals surface area contributed by atoms with E-state index in [-0.39, 0.29) is 18.4 Å². The summed E-state index contributed by atoms with van der Waals surface area (Å²) in [6, 6.07) is 0.151. The summed E-state index contributed by atoms with van der Waals surface area (Å²) < 4.78 is 23.1. The van der Waals surface area contributed by atoms with E-state index in [2.05, 4.69) is 16.8 Å². The molecular weight excluding hydrogens is 306 g/mol. The first kappa shape index (κ1) is 16.7. The number of aromatic nitrogens is 1. The third-order valence-corrected chi connectivity index (χ3v) is 5.73. The van der Waals surface area contributed by atoms with Crippen molar-refractivity contribution in [2.24, 2.45) is 0 Å². The van der Waals surface area contributed by atoms with Gasteiger partial charge in [0.15, 0.2) is 15.0 Å². The summed E-state index contributed by atoms with van der Waals surface area (Å²) in [5.41, 5.74) is 5.62. The average molecular weight is 326 g/mol. The van der Waals surface area contributed by atoms with Crippen LogP contribution in [-0.2, 0) is 16.4 Å². The second kappa shape index (κ2) is 6.88. The number of sulfone groups is 1. The predicted molar refractivity (Wildman–Crippen MR) is 81.5 cm³/mol. The molecule has 1 saturated heterocycles. The molecule has 0 bridgehead atoms. The van der Waals surface area contributed by atoms with Gasteiger partial charge in [0.1, 0.15) is 0 Å². The van der Waals surface area contributed by atoms with E-state index in [1.807, 2.05) is 0 Å². The van der Waals surface area contributed by atoms with Crippen molar-refractivity contribution < 1.29 is 8.42 Å². The van der Waals surface area contributed by atoms with E-state index in [4.69, 9.17) is 5.73 Å². The first-order chi connectivity index (χ1) is 8.50. The Labute approximate surface area is 124 Å². The van der Waals surface area contributed by atoms with Crippen molar-refractivity contribution in [2.45, 2.75) is 32.4 Å². The van der Waals surface area contributed by atoms with E-state index in [1.165, 1.54) is 11.3 Å². The Bertz CT molecular complexity index is 504. The highest BCUT2D eigenvalue weighted by molar-refractivity contribution is 7.91. The van der Waals surface area contributed by atoms with E-state index >= 15 is 0 Å². The Morgan fingerprint density at radius 1 is 1.58 bits per heavy atom. The van der Waals surface area contributed by atoms with Gasteiger partial charge >= 0.3 is 0 Å². The van der Waals surface area contributed by atoms with Gasteiger partial charge in [0.05, 0.1) is 11.5 Å². The maximum Gasteiger partial charge on any atom is 0.180 e. The molecular formula is C11H20ClN3O2S2. The fraction of sp³-hybridized carbons (Fsp3) is 0.727. The molecule has 5 nitrogen and oxygen atoms in total. The molecule has 0 saturated carbocycles. The Hall–Kier alpha value is -0.370. The number of rotatable bonds is 5. The largest absolute Gasteiger partial charge is 0.375 e. The molecule has 1 aliphatic rings. The lowest BCUT2D eigenvalue weighted by Crippen LogP contribution is -2.36. The molecule has 2 rings (SSSR count). The van der Waals surface area contributed by atoms with Crippen molar-refractivity contribution in [3.05, 3.63) is 11.1 Å². The van der Waals surface area contributed by atoms with Crippen LogP contribution in [0.5, 0.6) is 0 Å². The number of nitrogens with two attached hydrogens (primary N) is 1. The van der Waals surface area contributed by atoms with Crippen molar-refractivity contribution >= 4 is 38.7 Å². The first-order valence-electron chi connectivity index (χ1n) is 6.15. The van der Waals surface area contributed by atoms with Gasteiger partial charge in [-0.15, -0.1) is 23.7 Å². The fourth-order valence-electron chi connectivity index (χ4n) is 2.34. The van der Waals surface area contributed by atoms with Gasteiger partial charge in [-0.3, -0.25) is 4.90 Å². The van der Waals surface area contributed by atoms with Crippen LogP contribution >= 0.6 is 23.7 Å². The van der Waals surface area contributed by atoms with Crippen molar-refractivity contribution in [1.29, 1.82) is 0 Å². The summed E-state index contributed by atoms with van der Waals surface area (Å²) in [5.74, 6) is 0.615. The highest BCUT2D eigenvalue weighted by atomic mass is 35.5. The van der Waals surface area contributed by atoms with E-state index in [0.29, 0.717) is 16.6 Å². The van der Waals surface area contributed by atoms with Crippen LogP contribution in [0, 0.1) is 0 Å². The predicted octanol–water partition coefficient (Wildman–Crippen LogP) is 1.55. The van der Waals surface area contributed by atoms with E-state index < -0.39 is 9.84 Å². The number of hydrogen-bond acceptors (Lipinski definition) is 6. The van der Waals surface area contributed by atoms with E-state index in [1.54, 1.807) is 6.20 Å². The normalized spacial score (nSPS) is 21.5. The Balaban J connectivity index is 0.00000180. The van der Waals surface area contributed by atoms with Crippen molar-refractivity contribution in [3.8, 4) is 0 Å². The molecule has 1 atom stereocenters. The maximum absolute atomic E-state index is 11.5.